The fraction of sp³-hybridized carbons (Fsp3) is 0.905. The number of guanidine groups is 1. The third-order valence-electron chi connectivity index (χ3n) is 5.81. The summed E-state index contributed by atoms with van der Waals surface area (Å²) < 4.78 is 5.17. The smallest absolute Gasteiger partial charge is 0.309 e. The summed E-state index contributed by atoms with van der Waals surface area (Å²) in [6.07, 6.45) is 4.04. The second-order valence-corrected chi connectivity index (χ2v) is 7.73. The molecule has 0 saturated carbocycles. The van der Waals surface area contributed by atoms with Crippen molar-refractivity contribution in [3.63, 3.8) is 0 Å². The molecule has 0 aromatic rings. The largest absolute Gasteiger partial charge is 0.466 e. The van der Waals surface area contributed by atoms with Crippen LogP contribution in [0.2, 0.25) is 0 Å². The Morgan fingerprint density at radius 3 is 2.29 bits per heavy atom. The van der Waals surface area contributed by atoms with Gasteiger partial charge in [0.1, 0.15) is 0 Å². The van der Waals surface area contributed by atoms with E-state index < -0.39 is 0 Å². The van der Waals surface area contributed by atoms with Crippen LogP contribution in [0, 0.1) is 5.92 Å². The number of hydrogen-bond donors (Lipinski definition) is 1. The fourth-order valence-corrected chi connectivity index (χ4v) is 3.97. The molecular formula is C21H41N5O2. The van der Waals surface area contributed by atoms with Crippen molar-refractivity contribution in [3.8, 4) is 0 Å². The number of carbonyl (C=O) groups excluding carboxylic acids is 1. The number of likely N-dealkylation sites (tertiary alicyclic amines) is 1. The third-order valence-corrected chi connectivity index (χ3v) is 5.81. The van der Waals surface area contributed by atoms with Gasteiger partial charge in [0.25, 0.3) is 0 Å². The van der Waals surface area contributed by atoms with Crippen LogP contribution in [0.3, 0.4) is 0 Å². The molecule has 0 radical (unpaired) electrons. The highest BCUT2D eigenvalue weighted by atomic mass is 16.5. The molecule has 2 aliphatic rings. The predicted octanol–water partition coefficient (Wildman–Crippen LogP) is 1.64. The third kappa shape index (κ3) is 7.59. The number of ether oxygens (including phenoxy) is 1. The van der Waals surface area contributed by atoms with E-state index in [-0.39, 0.29) is 11.9 Å². The van der Waals surface area contributed by atoms with E-state index in [1.807, 2.05) is 6.92 Å². The van der Waals surface area contributed by atoms with Crippen LogP contribution in [-0.4, -0.2) is 98.7 Å². The highest BCUT2D eigenvalue weighted by molar-refractivity contribution is 5.80. The molecule has 0 aliphatic carbocycles. The SMILES string of the molecule is CCNC(=NCCCCN1CCN(CC)CC1)N1CCC(C(=O)OCC)CC1. The van der Waals surface area contributed by atoms with E-state index in [1.165, 1.54) is 45.7 Å². The van der Waals surface area contributed by atoms with E-state index in [1.54, 1.807) is 0 Å². The summed E-state index contributed by atoms with van der Waals surface area (Å²) in [5.74, 6) is 1.01. The quantitative estimate of drug-likeness (QED) is 0.277. The van der Waals surface area contributed by atoms with Crippen molar-refractivity contribution in [2.75, 3.05) is 72.1 Å². The lowest BCUT2D eigenvalue weighted by Crippen LogP contribution is -2.47. The summed E-state index contributed by atoms with van der Waals surface area (Å²) in [5.41, 5.74) is 0. The maximum Gasteiger partial charge on any atom is 0.309 e. The van der Waals surface area contributed by atoms with Crippen LogP contribution in [-0.2, 0) is 9.53 Å². The van der Waals surface area contributed by atoms with Crippen molar-refractivity contribution < 1.29 is 9.53 Å². The van der Waals surface area contributed by atoms with Gasteiger partial charge in [0.15, 0.2) is 5.96 Å². The van der Waals surface area contributed by atoms with Crippen molar-refractivity contribution in [2.45, 2.75) is 46.5 Å². The van der Waals surface area contributed by atoms with Crippen LogP contribution >= 0.6 is 0 Å². The maximum atomic E-state index is 11.9. The van der Waals surface area contributed by atoms with Gasteiger partial charge >= 0.3 is 5.97 Å². The summed E-state index contributed by atoms with van der Waals surface area (Å²) in [5, 5.41) is 3.42. The lowest BCUT2D eigenvalue weighted by molar-refractivity contribution is -0.149. The molecule has 0 amide bonds. The van der Waals surface area contributed by atoms with Crippen LogP contribution in [0.5, 0.6) is 0 Å². The molecule has 7 nitrogen and oxygen atoms in total. The molecule has 0 atom stereocenters. The molecule has 0 aromatic carbocycles. The minimum Gasteiger partial charge on any atom is -0.466 e. The van der Waals surface area contributed by atoms with E-state index in [2.05, 4.69) is 33.9 Å². The zero-order valence-corrected chi connectivity index (χ0v) is 18.3. The van der Waals surface area contributed by atoms with Gasteiger partial charge in [-0.05, 0) is 52.6 Å². The molecule has 0 spiro atoms. The standard InChI is InChI=1S/C21H41N5O2/c1-4-22-21(26-13-9-19(10-14-26)20(27)28-6-3)23-11-7-8-12-25-17-15-24(5-2)16-18-25/h19H,4-18H2,1-3H3,(H,22,23). The molecule has 1 N–H and O–H groups in total. The summed E-state index contributed by atoms with van der Waals surface area (Å²) >= 11 is 0. The zero-order valence-electron chi connectivity index (χ0n) is 18.3. The summed E-state index contributed by atoms with van der Waals surface area (Å²) in [4.78, 5) is 24.2. The topological polar surface area (TPSA) is 60.4 Å². The van der Waals surface area contributed by atoms with Gasteiger partial charge < -0.3 is 24.8 Å². The molecule has 28 heavy (non-hydrogen) atoms. The minimum absolute atomic E-state index is 0.0381. The Balaban J connectivity index is 1.67. The number of unbranched alkanes of at least 4 members (excludes halogenated alkanes) is 1. The Kier molecular flexibility index (Phi) is 10.6. The van der Waals surface area contributed by atoms with Crippen molar-refractivity contribution >= 4 is 11.9 Å². The second-order valence-electron chi connectivity index (χ2n) is 7.73. The van der Waals surface area contributed by atoms with E-state index in [0.717, 1.165) is 51.4 Å². The molecule has 0 aromatic heterocycles. The van der Waals surface area contributed by atoms with E-state index >= 15 is 0 Å². The van der Waals surface area contributed by atoms with Gasteiger partial charge in [-0.25, -0.2) is 0 Å². The minimum atomic E-state index is -0.0381. The number of hydrogen-bond acceptors (Lipinski definition) is 5. The highest BCUT2D eigenvalue weighted by Crippen LogP contribution is 2.18. The van der Waals surface area contributed by atoms with Gasteiger partial charge in [0.05, 0.1) is 12.5 Å². The van der Waals surface area contributed by atoms with Gasteiger partial charge in [0, 0.05) is 52.4 Å². The van der Waals surface area contributed by atoms with Crippen molar-refractivity contribution in [1.82, 2.24) is 20.0 Å². The Morgan fingerprint density at radius 2 is 1.68 bits per heavy atom. The summed E-state index contributed by atoms with van der Waals surface area (Å²) in [6.45, 7) is 17.4. The average Bonchev–Trinajstić information content (AvgIpc) is 2.73. The molecule has 2 rings (SSSR count). The molecule has 2 heterocycles. The van der Waals surface area contributed by atoms with E-state index in [0.29, 0.717) is 6.61 Å². The van der Waals surface area contributed by atoms with Gasteiger partial charge in [-0.2, -0.15) is 0 Å². The van der Waals surface area contributed by atoms with Crippen LogP contribution in [0.1, 0.15) is 46.5 Å². The van der Waals surface area contributed by atoms with Gasteiger partial charge in [-0.15, -0.1) is 0 Å². The first-order valence-electron chi connectivity index (χ1n) is 11.3. The Morgan fingerprint density at radius 1 is 1.00 bits per heavy atom. The van der Waals surface area contributed by atoms with Crippen LogP contribution < -0.4 is 5.32 Å². The number of likely N-dealkylation sites (N-methyl/N-ethyl adjacent to an activating group) is 1. The Bertz CT molecular complexity index is 469. The average molecular weight is 396 g/mol. The molecule has 162 valence electrons. The molecule has 2 fully saturated rings. The van der Waals surface area contributed by atoms with E-state index in [4.69, 9.17) is 9.73 Å². The maximum absolute atomic E-state index is 11.9. The number of rotatable bonds is 9. The first-order chi connectivity index (χ1) is 13.7. The highest BCUT2D eigenvalue weighted by Gasteiger charge is 2.27. The molecule has 7 heteroatoms. The number of aliphatic imine (C=N–C) groups is 1. The first kappa shape index (κ1) is 22.9. The van der Waals surface area contributed by atoms with Crippen molar-refractivity contribution in [1.29, 1.82) is 0 Å². The van der Waals surface area contributed by atoms with Crippen LogP contribution in [0.4, 0.5) is 0 Å². The predicted molar refractivity (Wildman–Crippen MR) is 115 cm³/mol. The Labute approximate surface area is 171 Å². The lowest BCUT2D eigenvalue weighted by atomic mass is 9.97. The normalized spacial score (nSPS) is 20.4. The number of nitrogens with zero attached hydrogens (tertiary/aromatic N) is 4. The molecular weight excluding hydrogens is 354 g/mol. The number of carbonyl (C=O) groups is 1. The molecule has 2 aliphatic heterocycles. The van der Waals surface area contributed by atoms with Crippen LogP contribution in [0.15, 0.2) is 4.99 Å². The first-order valence-corrected chi connectivity index (χ1v) is 11.3. The zero-order chi connectivity index (χ0) is 20.2. The Hall–Kier alpha value is -1.34. The van der Waals surface area contributed by atoms with Gasteiger partial charge in [-0.3, -0.25) is 9.79 Å². The van der Waals surface area contributed by atoms with Crippen molar-refractivity contribution in [2.24, 2.45) is 10.9 Å². The number of nitrogens with one attached hydrogen (secondary N) is 1. The van der Waals surface area contributed by atoms with Gasteiger partial charge in [-0.1, -0.05) is 6.92 Å². The van der Waals surface area contributed by atoms with Crippen LogP contribution in [0.25, 0.3) is 0 Å². The molecule has 0 bridgehead atoms. The van der Waals surface area contributed by atoms with E-state index in [9.17, 15) is 4.79 Å². The number of piperazine rings is 1. The molecule has 0 unspecified atom stereocenters. The van der Waals surface area contributed by atoms with Gasteiger partial charge in [0.2, 0.25) is 0 Å². The lowest BCUT2D eigenvalue weighted by Gasteiger charge is -2.34. The number of esters is 1. The summed E-state index contributed by atoms with van der Waals surface area (Å²) in [6, 6.07) is 0. The van der Waals surface area contributed by atoms with Crippen molar-refractivity contribution in [3.05, 3.63) is 0 Å². The second kappa shape index (κ2) is 13.0. The fourth-order valence-electron chi connectivity index (χ4n) is 3.97. The number of piperidine rings is 1. The molecule has 2 saturated heterocycles. The monoisotopic (exact) mass is 395 g/mol. The summed E-state index contributed by atoms with van der Waals surface area (Å²) in [7, 11) is 0.